The number of nitrogens with one attached hydrogen (secondary N) is 1. The molecular formula is C23H23N3O2. The Morgan fingerprint density at radius 2 is 1.89 bits per heavy atom. The van der Waals surface area contributed by atoms with E-state index in [0.717, 1.165) is 43.8 Å². The summed E-state index contributed by atoms with van der Waals surface area (Å²) in [6.07, 6.45) is 3.67. The molecule has 0 bridgehead atoms. The van der Waals surface area contributed by atoms with Crippen molar-refractivity contribution in [3.05, 3.63) is 70.8 Å². The molecular weight excluding hydrogens is 350 g/mol. The summed E-state index contributed by atoms with van der Waals surface area (Å²) in [7, 11) is 0. The molecule has 0 unspecified atom stereocenters. The van der Waals surface area contributed by atoms with Crippen LogP contribution in [-0.4, -0.2) is 25.2 Å². The summed E-state index contributed by atoms with van der Waals surface area (Å²) in [5, 5.41) is 12.2. The molecule has 2 aliphatic rings. The molecule has 2 aromatic carbocycles. The average Bonchev–Trinajstić information content (AvgIpc) is 3.40. The van der Waals surface area contributed by atoms with E-state index in [1.54, 1.807) is 6.08 Å². The van der Waals surface area contributed by atoms with Gasteiger partial charge in [0.1, 0.15) is 11.6 Å². The maximum Gasteiger partial charge on any atom is 0.262 e. The smallest absolute Gasteiger partial charge is 0.262 e. The van der Waals surface area contributed by atoms with Gasteiger partial charge in [-0.25, -0.2) is 0 Å². The fourth-order valence-electron chi connectivity index (χ4n) is 3.72. The first-order valence-electron chi connectivity index (χ1n) is 9.66. The monoisotopic (exact) mass is 373 g/mol. The molecule has 1 N–H and O–H groups in total. The van der Waals surface area contributed by atoms with Gasteiger partial charge in [0.2, 0.25) is 0 Å². The number of benzene rings is 2. The number of carbonyl (C=O) groups is 1. The van der Waals surface area contributed by atoms with Crippen LogP contribution in [0.25, 0.3) is 6.08 Å². The van der Waals surface area contributed by atoms with Crippen LogP contribution in [0.15, 0.2) is 54.1 Å². The molecule has 1 saturated heterocycles. The van der Waals surface area contributed by atoms with Gasteiger partial charge in [-0.05, 0) is 47.7 Å². The standard InChI is InChI=1S/C23H23N3O2/c24-13-20(23(27)25-14-22-6-3-11-28-22)12-17-7-9-21(10-8-17)26-15-18-4-1-2-5-19(18)16-26/h1-2,4-5,7-10,12,22H,3,6,11,14-16H2,(H,25,27)/b20-12-/t22-/m0/s1. The van der Waals surface area contributed by atoms with Crippen molar-refractivity contribution in [2.45, 2.75) is 32.0 Å². The summed E-state index contributed by atoms with van der Waals surface area (Å²) in [6, 6.07) is 18.5. The zero-order valence-electron chi connectivity index (χ0n) is 15.7. The van der Waals surface area contributed by atoms with Crippen molar-refractivity contribution >= 4 is 17.7 Å². The first-order valence-corrected chi connectivity index (χ1v) is 9.66. The highest BCUT2D eigenvalue weighted by Crippen LogP contribution is 2.28. The van der Waals surface area contributed by atoms with Crippen LogP contribution < -0.4 is 10.2 Å². The van der Waals surface area contributed by atoms with Crippen molar-refractivity contribution in [3.63, 3.8) is 0 Å². The number of hydrogen-bond donors (Lipinski definition) is 1. The normalized spacial score (nSPS) is 18.6. The van der Waals surface area contributed by atoms with Crippen LogP contribution >= 0.6 is 0 Å². The van der Waals surface area contributed by atoms with Gasteiger partial charge in [0.05, 0.1) is 6.10 Å². The van der Waals surface area contributed by atoms with Gasteiger partial charge in [0.25, 0.3) is 5.91 Å². The van der Waals surface area contributed by atoms with Crippen molar-refractivity contribution < 1.29 is 9.53 Å². The van der Waals surface area contributed by atoms with Crippen LogP contribution in [0.3, 0.4) is 0 Å². The summed E-state index contributed by atoms with van der Waals surface area (Å²) < 4.78 is 5.50. The van der Waals surface area contributed by atoms with E-state index in [9.17, 15) is 10.1 Å². The fourth-order valence-corrected chi connectivity index (χ4v) is 3.72. The van der Waals surface area contributed by atoms with E-state index in [1.807, 2.05) is 30.3 Å². The Morgan fingerprint density at radius 1 is 1.18 bits per heavy atom. The summed E-state index contributed by atoms with van der Waals surface area (Å²) in [4.78, 5) is 14.6. The van der Waals surface area contributed by atoms with Gasteiger partial charge in [-0.1, -0.05) is 36.4 Å². The topological polar surface area (TPSA) is 65.4 Å². The molecule has 2 heterocycles. The highest BCUT2D eigenvalue weighted by atomic mass is 16.5. The van der Waals surface area contributed by atoms with Gasteiger partial charge in [-0.15, -0.1) is 0 Å². The molecule has 2 aliphatic heterocycles. The molecule has 142 valence electrons. The van der Waals surface area contributed by atoms with Gasteiger partial charge in [-0.3, -0.25) is 4.79 Å². The van der Waals surface area contributed by atoms with Gasteiger partial charge in [0.15, 0.2) is 0 Å². The minimum Gasteiger partial charge on any atom is -0.376 e. The van der Waals surface area contributed by atoms with Crippen molar-refractivity contribution in [1.29, 1.82) is 5.26 Å². The van der Waals surface area contributed by atoms with Gasteiger partial charge in [0, 0.05) is 31.9 Å². The predicted molar refractivity (Wildman–Crippen MR) is 108 cm³/mol. The maximum absolute atomic E-state index is 12.3. The summed E-state index contributed by atoms with van der Waals surface area (Å²) >= 11 is 0. The number of ether oxygens (including phenoxy) is 1. The zero-order chi connectivity index (χ0) is 19.3. The number of hydrogen-bond acceptors (Lipinski definition) is 4. The van der Waals surface area contributed by atoms with Crippen molar-refractivity contribution in [2.75, 3.05) is 18.1 Å². The molecule has 1 amide bonds. The third-order valence-electron chi connectivity index (χ3n) is 5.29. The third-order valence-corrected chi connectivity index (χ3v) is 5.29. The minimum atomic E-state index is -0.350. The number of rotatable bonds is 5. The minimum absolute atomic E-state index is 0.0627. The molecule has 5 nitrogen and oxygen atoms in total. The first-order chi connectivity index (χ1) is 13.7. The van der Waals surface area contributed by atoms with E-state index >= 15 is 0 Å². The Balaban J connectivity index is 1.40. The lowest BCUT2D eigenvalue weighted by Gasteiger charge is -2.17. The Kier molecular flexibility index (Phi) is 5.41. The number of fused-ring (bicyclic) bond motifs is 1. The third kappa shape index (κ3) is 4.08. The second-order valence-corrected chi connectivity index (χ2v) is 7.23. The van der Waals surface area contributed by atoms with E-state index in [0.29, 0.717) is 6.54 Å². The van der Waals surface area contributed by atoms with Gasteiger partial charge >= 0.3 is 0 Å². The van der Waals surface area contributed by atoms with E-state index in [2.05, 4.69) is 34.5 Å². The Morgan fingerprint density at radius 3 is 2.50 bits per heavy atom. The van der Waals surface area contributed by atoms with E-state index in [1.165, 1.54) is 11.1 Å². The van der Waals surface area contributed by atoms with Crippen molar-refractivity contribution in [3.8, 4) is 6.07 Å². The number of nitrogens with zero attached hydrogens (tertiary/aromatic N) is 2. The summed E-state index contributed by atoms with van der Waals surface area (Å²) in [6.45, 7) is 3.00. The molecule has 2 aromatic rings. The number of nitriles is 1. The first kappa shape index (κ1) is 18.3. The fraction of sp³-hybridized carbons (Fsp3) is 0.304. The zero-order valence-corrected chi connectivity index (χ0v) is 15.7. The van der Waals surface area contributed by atoms with Crippen LogP contribution in [0.2, 0.25) is 0 Å². The lowest BCUT2D eigenvalue weighted by Crippen LogP contribution is -2.32. The molecule has 5 heteroatoms. The molecule has 0 saturated carbocycles. The predicted octanol–water partition coefficient (Wildman–Crippen LogP) is 3.41. The Hall–Kier alpha value is -3.10. The van der Waals surface area contributed by atoms with Crippen molar-refractivity contribution in [1.82, 2.24) is 5.32 Å². The molecule has 1 atom stereocenters. The van der Waals surface area contributed by atoms with Crippen molar-refractivity contribution in [2.24, 2.45) is 0 Å². The van der Waals surface area contributed by atoms with Crippen LogP contribution in [0.4, 0.5) is 5.69 Å². The summed E-state index contributed by atoms with van der Waals surface area (Å²) in [5.74, 6) is -0.350. The lowest BCUT2D eigenvalue weighted by molar-refractivity contribution is -0.117. The van der Waals surface area contributed by atoms with Crippen LogP contribution in [-0.2, 0) is 22.6 Å². The molecule has 0 radical (unpaired) electrons. The van der Waals surface area contributed by atoms with Gasteiger partial charge < -0.3 is 15.0 Å². The van der Waals surface area contributed by atoms with Gasteiger partial charge in [-0.2, -0.15) is 5.26 Å². The molecule has 28 heavy (non-hydrogen) atoms. The molecule has 1 fully saturated rings. The lowest BCUT2D eigenvalue weighted by atomic mass is 10.1. The summed E-state index contributed by atoms with van der Waals surface area (Å²) in [5.41, 5.74) is 4.81. The second-order valence-electron chi connectivity index (χ2n) is 7.23. The average molecular weight is 373 g/mol. The maximum atomic E-state index is 12.3. The molecule has 4 rings (SSSR count). The quantitative estimate of drug-likeness (QED) is 0.644. The second kappa shape index (κ2) is 8.28. The van der Waals surface area contributed by atoms with Crippen LogP contribution in [0.1, 0.15) is 29.5 Å². The molecule has 0 spiro atoms. The number of anilines is 1. The van der Waals surface area contributed by atoms with E-state index in [4.69, 9.17) is 4.74 Å². The van der Waals surface area contributed by atoms with Crippen LogP contribution in [0.5, 0.6) is 0 Å². The van der Waals surface area contributed by atoms with Crippen LogP contribution in [0, 0.1) is 11.3 Å². The largest absolute Gasteiger partial charge is 0.376 e. The SMILES string of the molecule is N#C/C(=C/c1ccc(N2Cc3ccccc3C2)cc1)C(=O)NC[C@@H]1CCCO1. The van der Waals surface area contributed by atoms with E-state index in [-0.39, 0.29) is 17.6 Å². The Labute approximate surface area is 165 Å². The highest BCUT2D eigenvalue weighted by molar-refractivity contribution is 6.01. The molecule has 0 aromatic heterocycles. The molecule has 0 aliphatic carbocycles. The van der Waals surface area contributed by atoms with E-state index < -0.39 is 0 Å². The Bertz CT molecular complexity index is 897. The number of amides is 1. The number of carbonyl (C=O) groups excluding carboxylic acids is 1. The highest BCUT2D eigenvalue weighted by Gasteiger charge is 2.19.